The van der Waals surface area contributed by atoms with Gasteiger partial charge in [-0.2, -0.15) is 0 Å². The SMILES string of the molecule is [c]1nnc(SCCN2CCOCC2)s1. The molecule has 1 radical (unpaired) electrons. The molecule has 14 heavy (non-hydrogen) atoms. The molecule has 6 heteroatoms. The lowest BCUT2D eigenvalue weighted by atomic mass is 10.4. The van der Waals surface area contributed by atoms with Crippen molar-refractivity contribution in [3.05, 3.63) is 5.51 Å². The van der Waals surface area contributed by atoms with Gasteiger partial charge in [-0.05, 0) is 0 Å². The predicted octanol–water partition coefficient (Wildman–Crippen LogP) is 0.763. The molecule has 2 rings (SSSR count). The average molecular weight is 230 g/mol. The highest BCUT2D eigenvalue weighted by molar-refractivity contribution is 8.01. The first-order chi connectivity index (χ1) is 6.95. The molecule has 0 bridgehead atoms. The lowest BCUT2D eigenvalue weighted by molar-refractivity contribution is 0.0410. The van der Waals surface area contributed by atoms with E-state index in [-0.39, 0.29) is 0 Å². The Balaban J connectivity index is 1.62. The van der Waals surface area contributed by atoms with Gasteiger partial charge in [-0.3, -0.25) is 4.90 Å². The topological polar surface area (TPSA) is 38.2 Å². The Morgan fingerprint density at radius 1 is 1.50 bits per heavy atom. The Morgan fingerprint density at radius 2 is 2.36 bits per heavy atom. The highest BCUT2D eigenvalue weighted by atomic mass is 32.2. The quantitative estimate of drug-likeness (QED) is 0.714. The van der Waals surface area contributed by atoms with Gasteiger partial charge in [-0.25, -0.2) is 0 Å². The minimum atomic E-state index is 0.872. The highest BCUT2D eigenvalue weighted by Crippen LogP contribution is 2.18. The second-order valence-electron chi connectivity index (χ2n) is 2.96. The van der Waals surface area contributed by atoms with Crippen LogP contribution in [0.3, 0.4) is 0 Å². The summed E-state index contributed by atoms with van der Waals surface area (Å²) in [5.41, 5.74) is 2.74. The van der Waals surface area contributed by atoms with Crippen LogP contribution >= 0.6 is 23.1 Å². The molecule has 0 unspecified atom stereocenters. The fourth-order valence-corrected chi connectivity index (χ4v) is 2.75. The first-order valence-corrected chi connectivity index (χ1v) is 6.38. The molecule has 0 saturated carbocycles. The van der Waals surface area contributed by atoms with Crippen molar-refractivity contribution in [1.82, 2.24) is 15.1 Å². The second kappa shape index (κ2) is 5.65. The van der Waals surface area contributed by atoms with Gasteiger partial charge >= 0.3 is 0 Å². The Morgan fingerprint density at radius 3 is 3.07 bits per heavy atom. The van der Waals surface area contributed by atoms with E-state index in [1.807, 2.05) is 0 Å². The summed E-state index contributed by atoms with van der Waals surface area (Å²) >= 11 is 3.23. The van der Waals surface area contributed by atoms with Gasteiger partial charge in [0.2, 0.25) is 0 Å². The lowest BCUT2D eigenvalue weighted by Gasteiger charge is -2.25. The molecule has 0 spiro atoms. The van der Waals surface area contributed by atoms with Crippen molar-refractivity contribution < 1.29 is 4.74 Å². The summed E-state index contributed by atoms with van der Waals surface area (Å²) in [5.74, 6) is 1.07. The van der Waals surface area contributed by atoms with E-state index in [1.165, 1.54) is 11.3 Å². The van der Waals surface area contributed by atoms with Crippen molar-refractivity contribution in [2.45, 2.75) is 4.34 Å². The molecule has 0 N–H and O–H groups in total. The molecular formula is C8H12N3OS2. The van der Waals surface area contributed by atoms with Crippen molar-refractivity contribution in [2.24, 2.45) is 0 Å². The van der Waals surface area contributed by atoms with E-state index in [2.05, 4.69) is 20.6 Å². The summed E-state index contributed by atoms with van der Waals surface area (Å²) in [6.45, 7) is 4.97. The Kier molecular flexibility index (Phi) is 4.18. The Bertz CT molecular complexity index is 249. The minimum absolute atomic E-state index is 0.872. The fraction of sp³-hybridized carbons (Fsp3) is 0.750. The van der Waals surface area contributed by atoms with Crippen LogP contribution in [-0.4, -0.2) is 53.7 Å². The molecular weight excluding hydrogens is 218 g/mol. The summed E-state index contributed by atoms with van der Waals surface area (Å²) in [7, 11) is 0. The summed E-state index contributed by atoms with van der Waals surface area (Å²) in [5, 5.41) is 7.61. The van der Waals surface area contributed by atoms with Gasteiger partial charge in [0.05, 0.1) is 13.2 Å². The first-order valence-electron chi connectivity index (χ1n) is 4.57. The molecule has 2 heterocycles. The number of hydrogen-bond acceptors (Lipinski definition) is 6. The molecule has 1 fully saturated rings. The molecule has 1 saturated heterocycles. The maximum absolute atomic E-state index is 5.28. The number of hydrogen-bond donors (Lipinski definition) is 0. The van der Waals surface area contributed by atoms with E-state index in [9.17, 15) is 0 Å². The van der Waals surface area contributed by atoms with Crippen LogP contribution in [0.15, 0.2) is 4.34 Å². The van der Waals surface area contributed by atoms with Crippen LogP contribution in [-0.2, 0) is 4.74 Å². The van der Waals surface area contributed by atoms with Crippen molar-refractivity contribution >= 4 is 23.1 Å². The van der Waals surface area contributed by atoms with Gasteiger partial charge < -0.3 is 4.74 Å². The normalized spacial score (nSPS) is 18.6. The van der Waals surface area contributed by atoms with Crippen LogP contribution in [0, 0.1) is 5.51 Å². The molecule has 0 atom stereocenters. The number of ether oxygens (including phenoxy) is 1. The van der Waals surface area contributed by atoms with Crippen LogP contribution in [0.2, 0.25) is 0 Å². The summed E-state index contributed by atoms with van der Waals surface area (Å²) in [4.78, 5) is 2.42. The number of morpholine rings is 1. The maximum atomic E-state index is 5.28. The largest absolute Gasteiger partial charge is 0.379 e. The molecule has 1 aliphatic rings. The monoisotopic (exact) mass is 230 g/mol. The fourth-order valence-electron chi connectivity index (χ4n) is 1.29. The van der Waals surface area contributed by atoms with Gasteiger partial charge in [-0.1, -0.05) is 23.1 Å². The highest BCUT2D eigenvalue weighted by Gasteiger charge is 2.09. The van der Waals surface area contributed by atoms with Gasteiger partial charge in [0.1, 0.15) is 0 Å². The van der Waals surface area contributed by atoms with Crippen molar-refractivity contribution in [2.75, 3.05) is 38.6 Å². The Hall–Kier alpha value is -0.170. The Labute approximate surface area is 91.7 Å². The third kappa shape index (κ3) is 3.20. The van der Waals surface area contributed by atoms with Crippen LogP contribution < -0.4 is 0 Å². The zero-order valence-corrected chi connectivity index (χ0v) is 9.44. The summed E-state index contributed by atoms with van der Waals surface area (Å²) in [6, 6.07) is 0. The van der Waals surface area contributed by atoms with Crippen molar-refractivity contribution in [3.8, 4) is 0 Å². The summed E-state index contributed by atoms with van der Waals surface area (Å²) in [6.07, 6.45) is 0. The number of aromatic nitrogens is 2. The van der Waals surface area contributed by atoms with Crippen molar-refractivity contribution in [3.63, 3.8) is 0 Å². The third-order valence-electron chi connectivity index (χ3n) is 2.04. The predicted molar refractivity (Wildman–Crippen MR) is 56.7 cm³/mol. The van der Waals surface area contributed by atoms with Crippen LogP contribution in [0.5, 0.6) is 0 Å². The zero-order valence-electron chi connectivity index (χ0n) is 7.81. The number of thioether (sulfide) groups is 1. The molecule has 4 nitrogen and oxygen atoms in total. The van der Waals surface area contributed by atoms with E-state index in [4.69, 9.17) is 4.74 Å². The van der Waals surface area contributed by atoms with Gasteiger partial charge in [0.25, 0.3) is 0 Å². The summed E-state index contributed by atoms with van der Waals surface area (Å²) < 4.78 is 6.29. The molecule has 0 aliphatic carbocycles. The van der Waals surface area contributed by atoms with E-state index < -0.39 is 0 Å². The molecule has 77 valence electrons. The van der Waals surface area contributed by atoms with E-state index in [0.29, 0.717) is 0 Å². The molecule has 0 amide bonds. The lowest BCUT2D eigenvalue weighted by Crippen LogP contribution is -2.37. The molecule has 1 aliphatic heterocycles. The standard InChI is InChI=1S/C8H12N3OS2/c1-4-12-5-2-11(1)3-6-13-8-10-9-7-14-8/h1-6H2. The second-order valence-corrected chi connectivity index (χ2v) is 5.08. The molecule has 1 aromatic rings. The minimum Gasteiger partial charge on any atom is -0.379 e. The number of nitrogens with zero attached hydrogens (tertiary/aromatic N) is 3. The maximum Gasteiger partial charge on any atom is 0.179 e. The third-order valence-corrected chi connectivity index (χ3v) is 3.79. The van der Waals surface area contributed by atoms with E-state index >= 15 is 0 Å². The van der Waals surface area contributed by atoms with Gasteiger partial charge in [0, 0.05) is 25.4 Å². The molecule has 0 aromatic carbocycles. The van der Waals surface area contributed by atoms with Crippen LogP contribution in [0.4, 0.5) is 0 Å². The van der Waals surface area contributed by atoms with E-state index in [1.54, 1.807) is 11.8 Å². The molecule has 1 aromatic heterocycles. The van der Waals surface area contributed by atoms with Gasteiger partial charge in [0.15, 0.2) is 9.85 Å². The van der Waals surface area contributed by atoms with Crippen LogP contribution in [0.25, 0.3) is 0 Å². The number of rotatable bonds is 4. The van der Waals surface area contributed by atoms with E-state index in [0.717, 1.165) is 42.9 Å². The van der Waals surface area contributed by atoms with Gasteiger partial charge in [-0.15, -0.1) is 10.2 Å². The van der Waals surface area contributed by atoms with Crippen LogP contribution in [0.1, 0.15) is 0 Å². The smallest absolute Gasteiger partial charge is 0.179 e. The first kappa shape index (κ1) is 10.4. The average Bonchev–Trinajstić information content (AvgIpc) is 2.72. The zero-order chi connectivity index (χ0) is 9.64. The van der Waals surface area contributed by atoms with Crippen molar-refractivity contribution in [1.29, 1.82) is 0 Å².